The summed E-state index contributed by atoms with van der Waals surface area (Å²) in [4.78, 5) is 12.3. The van der Waals surface area contributed by atoms with Crippen molar-refractivity contribution < 1.29 is 13.3 Å². The standard InChI is InChI=1S/C16H24N2O4S/c1-16(2,3)12-7-9-17(10-8-12)13-5-6-14(18(19)20)15(11-13)23(4,21)22/h5-6,11-12H,7-10H2,1-4H3. The van der Waals surface area contributed by atoms with Gasteiger partial charge in [0.25, 0.3) is 5.69 Å². The van der Waals surface area contributed by atoms with Gasteiger partial charge in [-0.05, 0) is 36.3 Å². The normalized spacial score (nSPS) is 17.3. The average molecular weight is 340 g/mol. The first-order chi connectivity index (χ1) is 10.5. The molecule has 1 heterocycles. The highest BCUT2D eigenvalue weighted by Crippen LogP contribution is 2.36. The first-order valence-corrected chi connectivity index (χ1v) is 9.63. The van der Waals surface area contributed by atoms with Crippen LogP contribution >= 0.6 is 0 Å². The third-order valence-electron chi connectivity index (χ3n) is 4.62. The Morgan fingerprint density at radius 3 is 2.22 bits per heavy atom. The predicted octanol–water partition coefficient (Wildman–Crippen LogP) is 3.26. The van der Waals surface area contributed by atoms with Crippen LogP contribution in [-0.4, -0.2) is 32.7 Å². The van der Waals surface area contributed by atoms with Crippen molar-refractivity contribution >= 4 is 21.2 Å². The third-order valence-corrected chi connectivity index (χ3v) is 5.75. The summed E-state index contributed by atoms with van der Waals surface area (Å²) in [5.41, 5.74) is 0.642. The lowest BCUT2D eigenvalue weighted by atomic mass is 9.75. The maximum Gasteiger partial charge on any atom is 0.288 e. The molecule has 0 N–H and O–H groups in total. The zero-order valence-corrected chi connectivity index (χ0v) is 14.9. The van der Waals surface area contributed by atoms with E-state index in [9.17, 15) is 18.5 Å². The number of anilines is 1. The number of benzene rings is 1. The molecule has 1 aromatic rings. The molecule has 0 atom stereocenters. The number of nitro groups is 1. The second-order valence-electron chi connectivity index (χ2n) is 7.31. The number of sulfone groups is 1. The second-order valence-corrected chi connectivity index (χ2v) is 9.29. The van der Waals surface area contributed by atoms with Gasteiger partial charge in [-0.3, -0.25) is 10.1 Å². The van der Waals surface area contributed by atoms with Crippen molar-refractivity contribution in [3.63, 3.8) is 0 Å². The molecule has 1 aliphatic heterocycles. The van der Waals surface area contributed by atoms with E-state index in [0.717, 1.165) is 37.9 Å². The van der Waals surface area contributed by atoms with E-state index >= 15 is 0 Å². The highest BCUT2D eigenvalue weighted by atomic mass is 32.2. The SMILES string of the molecule is CC(C)(C)C1CCN(c2ccc([N+](=O)[O-])c(S(C)(=O)=O)c2)CC1. The number of hydrogen-bond donors (Lipinski definition) is 0. The second kappa shape index (κ2) is 6.11. The zero-order valence-electron chi connectivity index (χ0n) is 14.1. The van der Waals surface area contributed by atoms with Gasteiger partial charge in [0, 0.05) is 31.1 Å². The fourth-order valence-electron chi connectivity index (χ4n) is 3.15. The Bertz CT molecular complexity index is 699. The molecule has 23 heavy (non-hydrogen) atoms. The average Bonchev–Trinajstić information content (AvgIpc) is 2.45. The maximum absolute atomic E-state index is 11.9. The minimum absolute atomic E-state index is 0.210. The van der Waals surface area contributed by atoms with Crippen molar-refractivity contribution in [2.75, 3.05) is 24.2 Å². The quantitative estimate of drug-likeness (QED) is 0.623. The summed E-state index contributed by atoms with van der Waals surface area (Å²) in [6, 6.07) is 4.37. The molecule has 1 fully saturated rings. The van der Waals surface area contributed by atoms with Gasteiger partial charge < -0.3 is 4.90 Å². The Labute approximate surface area is 137 Å². The molecule has 0 spiro atoms. The number of piperidine rings is 1. The first-order valence-electron chi connectivity index (χ1n) is 7.73. The smallest absolute Gasteiger partial charge is 0.288 e. The maximum atomic E-state index is 11.9. The molecule has 7 heteroatoms. The van der Waals surface area contributed by atoms with Gasteiger partial charge in [-0.1, -0.05) is 20.8 Å². The van der Waals surface area contributed by atoms with Gasteiger partial charge in [-0.15, -0.1) is 0 Å². The Kier molecular flexibility index (Phi) is 4.71. The van der Waals surface area contributed by atoms with Crippen LogP contribution < -0.4 is 4.90 Å². The molecule has 0 aromatic heterocycles. The summed E-state index contributed by atoms with van der Waals surface area (Å²) in [5.74, 6) is 0.631. The Balaban J connectivity index is 2.27. The van der Waals surface area contributed by atoms with E-state index in [4.69, 9.17) is 0 Å². The van der Waals surface area contributed by atoms with Crippen molar-refractivity contribution in [3.8, 4) is 0 Å². The van der Waals surface area contributed by atoms with Crippen LogP contribution in [0.15, 0.2) is 23.1 Å². The molecule has 6 nitrogen and oxygen atoms in total. The molecule has 0 amide bonds. The molecule has 0 saturated carbocycles. The van der Waals surface area contributed by atoms with Crippen LogP contribution in [-0.2, 0) is 9.84 Å². The lowest BCUT2D eigenvalue weighted by Gasteiger charge is -2.39. The van der Waals surface area contributed by atoms with Gasteiger partial charge in [0.05, 0.1) is 4.92 Å². The molecule has 0 bridgehead atoms. The van der Waals surface area contributed by atoms with Gasteiger partial charge in [0.2, 0.25) is 0 Å². The zero-order chi connectivity index (χ0) is 17.4. The predicted molar refractivity (Wildman–Crippen MR) is 90.6 cm³/mol. The Morgan fingerprint density at radius 2 is 1.78 bits per heavy atom. The fraction of sp³-hybridized carbons (Fsp3) is 0.625. The highest BCUT2D eigenvalue weighted by molar-refractivity contribution is 7.90. The van der Waals surface area contributed by atoms with Crippen LogP contribution in [0.1, 0.15) is 33.6 Å². The van der Waals surface area contributed by atoms with Crippen LogP contribution in [0.5, 0.6) is 0 Å². The molecular weight excluding hydrogens is 316 g/mol. The van der Waals surface area contributed by atoms with E-state index in [2.05, 4.69) is 25.7 Å². The van der Waals surface area contributed by atoms with Gasteiger partial charge >= 0.3 is 0 Å². The molecule has 1 saturated heterocycles. The highest BCUT2D eigenvalue weighted by Gasteiger charge is 2.30. The van der Waals surface area contributed by atoms with E-state index in [1.54, 1.807) is 6.07 Å². The molecule has 1 aromatic carbocycles. The summed E-state index contributed by atoms with van der Waals surface area (Å²) in [7, 11) is -3.64. The van der Waals surface area contributed by atoms with Crippen LogP contribution in [0.25, 0.3) is 0 Å². The molecule has 128 valence electrons. The summed E-state index contributed by atoms with van der Waals surface area (Å²) < 4.78 is 23.7. The molecular formula is C16H24N2O4S. The molecule has 0 radical (unpaired) electrons. The van der Waals surface area contributed by atoms with Crippen molar-refractivity contribution in [3.05, 3.63) is 28.3 Å². The van der Waals surface area contributed by atoms with Gasteiger partial charge in [0.1, 0.15) is 4.90 Å². The summed E-state index contributed by atoms with van der Waals surface area (Å²) in [6.07, 6.45) is 3.08. The van der Waals surface area contributed by atoms with E-state index in [0.29, 0.717) is 5.92 Å². The topological polar surface area (TPSA) is 80.5 Å². The van der Waals surface area contributed by atoms with E-state index in [1.165, 1.54) is 12.1 Å². The summed E-state index contributed by atoms with van der Waals surface area (Å²) in [5, 5.41) is 11.0. The number of nitrogens with zero attached hydrogens (tertiary/aromatic N) is 2. The number of hydrogen-bond acceptors (Lipinski definition) is 5. The molecule has 0 aliphatic carbocycles. The van der Waals surface area contributed by atoms with E-state index < -0.39 is 14.8 Å². The van der Waals surface area contributed by atoms with Gasteiger partial charge in [-0.25, -0.2) is 8.42 Å². The van der Waals surface area contributed by atoms with Crippen LogP contribution in [0.2, 0.25) is 0 Å². The van der Waals surface area contributed by atoms with E-state index in [-0.39, 0.29) is 16.0 Å². The lowest BCUT2D eigenvalue weighted by Crippen LogP contribution is -2.38. The fourth-order valence-corrected chi connectivity index (χ4v) is 4.01. The van der Waals surface area contributed by atoms with Crippen LogP contribution in [0.4, 0.5) is 11.4 Å². The minimum Gasteiger partial charge on any atom is -0.371 e. The van der Waals surface area contributed by atoms with Crippen LogP contribution in [0, 0.1) is 21.4 Å². The van der Waals surface area contributed by atoms with Gasteiger partial charge in [0.15, 0.2) is 9.84 Å². The summed E-state index contributed by atoms with van der Waals surface area (Å²) in [6.45, 7) is 8.38. The van der Waals surface area contributed by atoms with Crippen molar-refractivity contribution in [2.24, 2.45) is 11.3 Å². The molecule has 1 aliphatic rings. The van der Waals surface area contributed by atoms with E-state index in [1.807, 2.05) is 0 Å². The monoisotopic (exact) mass is 340 g/mol. The first kappa shape index (κ1) is 17.7. The molecule has 0 unspecified atom stereocenters. The van der Waals surface area contributed by atoms with Crippen molar-refractivity contribution in [1.82, 2.24) is 0 Å². The molecule has 2 rings (SSSR count). The number of rotatable bonds is 3. The number of nitro benzene ring substituents is 1. The third kappa shape index (κ3) is 4.02. The summed E-state index contributed by atoms with van der Waals surface area (Å²) >= 11 is 0. The van der Waals surface area contributed by atoms with Crippen molar-refractivity contribution in [2.45, 2.75) is 38.5 Å². The van der Waals surface area contributed by atoms with Gasteiger partial charge in [-0.2, -0.15) is 0 Å². The Hall–Kier alpha value is -1.63. The lowest BCUT2D eigenvalue weighted by molar-refractivity contribution is -0.387. The van der Waals surface area contributed by atoms with Crippen molar-refractivity contribution in [1.29, 1.82) is 0 Å². The Morgan fingerprint density at radius 1 is 1.22 bits per heavy atom. The minimum atomic E-state index is -3.64. The van der Waals surface area contributed by atoms with Crippen LogP contribution in [0.3, 0.4) is 0 Å². The largest absolute Gasteiger partial charge is 0.371 e.